The molecule has 1 aliphatic rings. The zero-order valence-electron chi connectivity index (χ0n) is 12.8. The number of carbonyl (C=O) groups excluding carboxylic acids is 1. The molecule has 2 N–H and O–H groups in total. The molecule has 2 rings (SSSR count). The second kappa shape index (κ2) is 7.85. The molecule has 0 saturated heterocycles. The molecule has 0 aromatic heterocycles. The minimum Gasteiger partial charge on any atom is -0.336 e. The van der Waals surface area contributed by atoms with Crippen LogP contribution in [0.25, 0.3) is 0 Å². The van der Waals surface area contributed by atoms with Crippen molar-refractivity contribution in [1.82, 2.24) is 4.90 Å². The molecule has 112 valence electrons. The first-order valence-corrected chi connectivity index (χ1v) is 7.86. The normalized spacial score (nSPS) is 15.1. The van der Waals surface area contributed by atoms with E-state index in [1.54, 1.807) is 0 Å². The summed E-state index contributed by atoms with van der Waals surface area (Å²) in [4.78, 5) is 14.7. The zero-order valence-corrected chi connectivity index (χ0v) is 12.8. The van der Waals surface area contributed by atoms with E-state index in [1.807, 2.05) is 29.2 Å². The fraction of sp³-hybridized carbons (Fsp3) is 0.500. The summed E-state index contributed by atoms with van der Waals surface area (Å²) in [5.41, 5.74) is 7.01. The van der Waals surface area contributed by atoms with Gasteiger partial charge in [-0.3, -0.25) is 4.79 Å². The smallest absolute Gasteiger partial charge is 0.254 e. The van der Waals surface area contributed by atoms with Crippen molar-refractivity contribution in [3.8, 4) is 11.8 Å². The minimum atomic E-state index is 0.141. The van der Waals surface area contributed by atoms with Crippen LogP contribution in [0.5, 0.6) is 0 Å². The van der Waals surface area contributed by atoms with Gasteiger partial charge in [0.25, 0.3) is 5.91 Å². The standard InChI is InChI=1S/C18H24N2O/c1-2-20(17-8-4-3-5-9-17)18(21)16-12-10-15(11-13-16)7-6-14-19/h10-13,17H,2-5,8-9,14,19H2,1H3. The Morgan fingerprint density at radius 2 is 1.90 bits per heavy atom. The molecule has 1 amide bonds. The lowest BCUT2D eigenvalue weighted by Crippen LogP contribution is -2.41. The van der Waals surface area contributed by atoms with Gasteiger partial charge in [-0.2, -0.15) is 0 Å². The third-order valence-corrected chi connectivity index (χ3v) is 4.08. The summed E-state index contributed by atoms with van der Waals surface area (Å²) in [6.07, 6.45) is 6.06. The van der Waals surface area contributed by atoms with Gasteiger partial charge in [0.1, 0.15) is 0 Å². The molecule has 21 heavy (non-hydrogen) atoms. The van der Waals surface area contributed by atoms with Gasteiger partial charge >= 0.3 is 0 Å². The van der Waals surface area contributed by atoms with Crippen LogP contribution >= 0.6 is 0 Å². The van der Waals surface area contributed by atoms with Crippen molar-refractivity contribution in [2.75, 3.05) is 13.1 Å². The predicted octanol–water partition coefficient (Wildman–Crippen LogP) is 2.79. The van der Waals surface area contributed by atoms with Gasteiger partial charge in [-0.1, -0.05) is 31.1 Å². The van der Waals surface area contributed by atoms with Crippen molar-refractivity contribution in [3.63, 3.8) is 0 Å². The highest BCUT2D eigenvalue weighted by Gasteiger charge is 2.24. The van der Waals surface area contributed by atoms with Gasteiger partial charge in [0, 0.05) is 23.7 Å². The molecule has 0 heterocycles. The van der Waals surface area contributed by atoms with Crippen molar-refractivity contribution >= 4 is 5.91 Å². The molecule has 3 heteroatoms. The third-order valence-electron chi connectivity index (χ3n) is 4.08. The largest absolute Gasteiger partial charge is 0.336 e. The Labute approximate surface area is 127 Å². The molecule has 1 fully saturated rings. The summed E-state index contributed by atoms with van der Waals surface area (Å²) in [6.45, 7) is 3.19. The second-order valence-electron chi connectivity index (χ2n) is 5.47. The fourth-order valence-corrected chi connectivity index (χ4v) is 2.98. The van der Waals surface area contributed by atoms with Crippen molar-refractivity contribution in [3.05, 3.63) is 35.4 Å². The highest BCUT2D eigenvalue weighted by atomic mass is 16.2. The van der Waals surface area contributed by atoms with Gasteiger partial charge < -0.3 is 10.6 Å². The average molecular weight is 284 g/mol. The van der Waals surface area contributed by atoms with Gasteiger partial charge in [0.15, 0.2) is 0 Å². The molecule has 1 aliphatic carbocycles. The second-order valence-corrected chi connectivity index (χ2v) is 5.47. The van der Waals surface area contributed by atoms with Crippen LogP contribution in [0.3, 0.4) is 0 Å². The molecule has 3 nitrogen and oxygen atoms in total. The highest BCUT2D eigenvalue weighted by Crippen LogP contribution is 2.24. The van der Waals surface area contributed by atoms with Gasteiger partial charge in [0.2, 0.25) is 0 Å². The van der Waals surface area contributed by atoms with Crippen LogP contribution in [0, 0.1) is 11.8 Å². The highest BCUT2D eigenvalue weighted by molar-refractivity contribution is 5.94. The predicted molar refractivity (Wildman–Crippen MR) is 86.0 cm³/mol. The molecule has 0 aliphatic heterocycles. The maximum Gasteiger partial charge on any atom is 0.254 e. The SMILES string of the molecule is CCN(C(=O)c1ccc(C#CCN)cc1)C1CCCCC1. The number of carbonyl (C=O) groups is 1. The van der Waals surface area contributed by atoms with E-state index in [-0.39, 0.29) is 5.91 Å². The fourth-order valence-electron chi connectivity index (χ4n) is 2.98. The summed E-state index contributed by atoms with van der Waals surface area (Å²) in [5.74, 6) is 5.94. The van der Waals surface area contributed by atoms with Crippen molar-refractivity contribution in [2.45, 2.75) is 45.1 Å². The molecule has 0 radical (unpaired) electrons. The third kappa shape index (κ3) is 4.09. The number of amides is 1. The van der Waals surface area contributed by atoms with Crippen LogP contribution in [0.4, 0.5) is 0 Å². The first-order valence-electron chi connectivity index (χ1n) is 7.86. The van der Waals surface area contributed by atoms with E-state index in [4.69, 9.17) is 5.73 Å². The summed E-state index contributed by atoms with van der Waals surface area (Å²) in [6, 6.07) is 7.94. The Balaban J connectivity index is 2.09. The Morgan fingerprint density at radius 3 is 2.48 bits per heavy atom. The van der Waals surface area contributed by atoms with Crippen molar-refractivity contribution in [1.29, 1.82) is 0 Å². The molecular formula is C18H24N2O. The summed E-state index contributed by atoms with van der Waals surface area (Å²) in [7, 11) is 0. The van der Waals surface area contributed by atoms with Crippen LogP contribution in [-0.4, -0.2) is 29.9 Å². The molecule has 0 bridgehead atoms. The van der Waals surface area contributed by atoms with E-state index in [2.05, 4.69) is 18.8 Å². The average Bonchev–Trinajstić information content (AvgIpc) is 2.55. The zero-order chi connectivity index (χ0) is 15.1. The Hall–Kier alpha value is -1.79. The van der Waals surface area contributed by atoms with Crippen LogP contribution in [-0.2, 0) is 0 Å². The van der Waals surface area contributed by atoms with Gasteiger partial charge in [-0.15, -0.1) is 0 Å². The molecular weight excluding hydrogens is 260 g/mol. The summed E-state index contributed by atoms with van der Waals surface area (Å²) in [5, 5.41) is 0. The number of benzene rings is 1. The molecule has 1 aromatic rings. The summed E-state index contributed by atoms with van der Waals surface area (Å²) < 4.78 is 0. The maximum atomic E-state index is 12.7. The molecule has 1 saturated carbocycles. The maximum absolute atomic E-state index is 12.7. The lowest BCUT2D eigenvalue weighted by Gasteiger charge is -2.33. The first-order chi connectivity index (χ1) is 10.3. The van der Waals surface area contributed by atoms with Gasteiger partial charge in [0.05, 0.1) is 6.54 Å². The van der Waals surface area contributed by atoms with Crippen LogP contribution in [0.15, 0.2) is 24.3 Å². The van der Waals surface area contributed by atoms with Crippen LogP contribution in [0.1, 0.15) is 54.9 Å². The first kappa shape index (κ1) is 15.6. The van der Waals surface area contributed by atoms with Crippen molar-refractivity contribution in [2.24, 2.45) is 5.73 Å². The number of hydrogen-bond donors (Lipinski definition) is 1. The Bertz CT molecular complexity index is 518. The monoisotopic (exact) mass is 284 g/mol. The lowest BCUT2D eigenvalue weighted by molar-refractivity contribution is 0.0648. The van der Waals surface area contributed by atoms with Crippen LogP contribution < -0.4 is 5.73 Å². The number of nitrogens with zero attached hydrogens (tertiary/aromatic N) is 1. The molecule has 0 spiro atoms. The molecule has 0 unspecified atom stereocenters. The van der Waals surface area contributed by atoms with E-state index in [0.717, 1.165) is 30.5 Å². The van der Waals surface area contributed by atoms with Crippen molar-refractivity contribution < 1.29 is 4.79 Å². The summed E-state index contributed by atoms with van der Waals surface area (Å²) >= 11 is 0. The minimum absolute atomic E-state index is 0.141. The molecule has 1 aromatic carbocycles. The Kier molecular flexibility index (Phi) is 5.83. The Morgan fingerprint density at radius 1 is 1.24 bits per heavy atom. The molecule has 0 atom stereocenters. The van der Waals surface area contributed by atoms with E-state index in [9.17, 15) is 4.79 Å². The van der Waals surface area contributed by atoms with Gasteiger partial charge in [-0.05, 0) is 44.0 Å². The number of hydrogen-bond acceptors (Lipinski definition) is 2. The van der Waals surface area contributed by atoms with E-state index in [1.165, 1.54) is 19.3 Å². The van der Waals surface area contributed by atoms with Gasteiger partial charge in [-0.25, -0.2) is 0 Å². The van der Waals surface area contributed by atoms with E-state index in [0.29, 0.717) is 12.6 Å². The van der Waals surface area contributed by atoms with Crippen LogP contribution in [0.2, 0.25) is 0 Å². The van der Waals surface area contributed by atoms with E-state index < -0.39 is 0 Å². The quantitative estimate of drug-likeness (QED) is 0.868. The lowest BCUT2D eigenvalue weighted by atomic mass is 9.93. The van der Waals surface area contributed by atoms with E-state index >= 15 is 0 Å². The number of nitrogens with two attached hydrogens (primary N) is 1. The number of rotatable bonds is 3. The topological polar surface area (TPSA) is 46.3 Å².